The van der Waals surface area contributed by atoms with Crippen LogP contribution in [0.4, 0.5) is 0 Å². The van der Waals surface area contributed by atoms with Crippen molar-refractivity contribution in [2.24, 2.45) is 5.73 Å². The zero-order valence-electron chi connectivity index (χ0n) is 12.1. The molecule has 0 saturated carbocycles. The van der Waals surface area contributed by atoms with Crippen LogP contribution in [0.15, 0.2) is 54.6 Å². The second kappa shape index (κ2) is 7.45. The van der Waals surface area contributed by atoms with E-state index in [0.717, 1.165) is 23.3 Å². The Balaban J connectivity index is 1.81. The molecule has 0 aliphatic heterocycles. The molecule has 0 fully saturated rings. The average Bonchev–Trinajstić information content (AvgIpc) is 2.55. The third-order valence-corrected chi connectivity index (χ3v) is 3.31. The minimum atomic E-state index is -0.623. The first-order valence-corrected chi connectivity index (χ1v) is 6.92. The molecule has 0 aromatic heterocycles. The van der Waals surface area contributed by atoms with E-state index in [1.165, 1.54) is 0 Å². The molecule has 4 nitrogen and oxygen atoms in total. The van der Waals surface area contributed by atoms with Crippen molar-refractivity contribution in [3.63, 3.8) is 0 Å². The number of carbonyl (C=O) groups excluding carboxylic acids is 1. The summed E-state index contributed by atoms with van der Waals surface area (Å²) in [7, 11) is 1.64. The summed E-state index contributed by atoms with van der Waals surface area (Å²) in [4.78, 5) is 12.0. The van der Waals surface area contributed by atoms with Crippen LogP contribution in [0, 0.1) is 0 Å². The van der Waals surface area contributed by atoms with Crippen molar-refractivity contribution in [2.75, 3.05) is 13.7 Å². The zero-order valence-corrected chi connectivity index (χ0v) is 12.1. The third kappa shape index (κ3) is 4.33. The smallest absolute Gasteiger partial charge is 0.241 e. The lowest BCUT2D eigenvalue weighted by Gasteiger charge is -2.12. The van der Waals surface area contributed by atoms with Crippen molar-refractivity contribution in [2.45, 2.75) is 12.5 Å². The predicted molar refractivity (Wildman–Crippen MR) is 83.1 cm³/mol. The Bertz CT molecular complexity index is 567. The Kier molecular flexibility index (Phi) is 5.35. The molecule has 0 aliphatic carbocycles. The maximum absolute atomic E-state index is 12.0. The van der Waals surface area contributed by atoms with E-state index in [9.17, 15) is 4.79 Å². The molecule has 0 aliphatic rings. The zero-order chi connectivity index (χ0) is 15.1. The van der Waals surface area contributed by atoms with E-state index in [-0.39, 0.29) is 5.91 Å². The lowest BCUT2D eigenvalue weighted by atomic mass is 10.1. The summed E-state index contributed by atoms with van der Waals surface area (Å²) in [5, 5.41) is 2.86. The van der Waals surface area contributed by atoms with E-state index in [1.54, 1.807) is 7.11 Å². The van der Waals surface area contributed by atoms with Gasteiger partial charge in [0.15, 0.2) is 0 Å². The van der Waals surface area contributed by atoms with Crippen LogP contribution in [0.1, 0.15) is 17.2 Å². The number of rotatable bonds is 6. The van der Waals surface area contributed by atoms with Crippen LogP contribution in [0.2, 0.25) is 0 Å². The summed E-state index contributed by atoms with van der Waals surface area (Å²) in [6, 6.07) is 16.5. The molecule has 4 heteroatoms. The van der Waals surface area contributed by atoms with E-state index in [1.807, 2.05) is 54.6 Å². The molecular formula is C17H20N2O2. The maximum atomic E-state index is 12.0. The molecule has 1 amide bonds. The van der Waals surface area contributed by atoms with E-state index in [0.29, 0.717) is 6.54 Å². The van der Waals surface area contributed by atoms with Gasteiger partial charge in [-0.1, -0.05) is 42.5 Å². The third-order valence-electron chi connectivity index (χ3n) is 3.31. The number of methoxy groups -OCH3 is 1. The standard InChI is InChI=1S/C17H20N2O2/c1-21-15-9-7-13(8-10-15)11-12-19-17(20)16(18)14-5-3-2-4-6-14/h2-10,16H,11-12,18H2,1H3,(H,19,20). The first-order chi connectivity index (χ1) is 10.2. The Morgan fingerprint density at radius 1 is 1.14 bits per heavy atom. The van der Waals surface area contributed by atoms with Gasteiger partial charge in [0, 0.05) is 6.54 Å². The molecule has 2 rings (SSSR count). The first-order valence-electron chi connectivity index (χ1n) is 6.92. The van der Waals surface area contributed by atoms with Gasteiger partial charge in [0.25, 0.3) is 0 Å². The van der Waals surface area contributed by atoms with Gasteiger partial charge in [-0.2, -0.15) is 0 Å². The molecule has 0 saturated heterocycles. The summed E-state index contributed by atoms with van der Waals surface area (Å²) in [6.07, 6.45) is 0.761. The summed E-state index contributed by atoms with van der Waals surface area (Å²) < 4.78 is 5.11. The van der Waals surface area contributed by atoms with Gasteiger partial charge in [0.2, 0.25) is 5.91 Å². The van der Waals surface area contributed by atoms with Crippen LogP contribution in [0.25, 0.3) is 0 Å². The molecule has 2 aromatic rings. The van der Waals surface area contributed by atoms with Gasteiger partial charge in [0.05, 0.1) is 7.11 Å². The number of benzene rings is 2. The van der Waals surface area contributed by atoms with Gasteiger partial charge >= 0.3 is 0 Å². The lowest BCUT2D eigenvalue weighted by Crippen LogP contribution is -2.35. The molecular weight excluding hydrogens is 264 g/mol. The van der Waals surface area contributed by atoms with E-state index >= 15 is 0 Å². The highest BCUT2D eigenvalue weighted by Gasteiger charge is 2.14. The van der Waals surface area contributed by atoms with Crippen LogP contribution in [0.3, 0.4) is 0 Å². The minimum absolute atomic E-state index is 0.158. The highest BCUT2D eigenvalue weighted by Crippen LogP contribution is 2.12. The molecule has 21 heavy (non-hydrogen) atoms. The summed E-state index contributed by atoms with van der Waals surface area (Å²) in [6.45, 7) is 0.561. The second-order valence-corrected chi connectivity index (χ2v) is 4.78. The van der Waals surface area contributed by atoms with E-state index in [2.05, 4.69) is 5.32 Å². The Hall–Kier alpha value is -2.33. The Morgan fingerprint density at radius 3 is 2.43 bits per heavy atom. The number of carbonyl (C=O) groups is 1. The molecule has 0 spiro atoms. The van der Waals surface area contributed by atoms with Crippen molar-refractivity contribution >= 4 is 5.91 Å². The lowest BCUT2D eigenvalue weighted by molar-refractivity contribution is -0.122. The molecule has 3 N–H and O–H groups in total. The topological polar surface area (TPSA) is 64.3 Å². The normalized spacial score (nSPS) is 11.7. The highest BCUT2D eigenvalue weighted by molar-refractivity contribution is 5.82. The molecule has 1 atom stereocenters. The molecule has 1 unspecified atom stereocenters. The molecule has 0 heterocycles. The van der Waals surface area contributed by atoms with Crippen molar-refractivity contribution in [3.05, 3.63) is 65.7 Å². The molecule has 0 bridgehead atoms. The van der Waals surface area contributed by atoms with Gasteiger partial charge < -0.3 is 15.8 Å². The van der Waals surface area contributed by atoms with Crippen molar-refractivity contribution in [1.82, 2.24) is 5.32 Å². The number of nitrogens with two attached hydrogens (primary N) is 1. The highest BCUT2D eigenvalue weighted by atomic mass is 16.5. The van der Waals surface area contributed by atoms with Gasteiger partial charge in [-0.15, -0.1) is 0 Å². The van der Waals surface area contributed by atoms with E-state index < -0.39 is 6.04 Å². The van der Waals surface area contributed by atoms with Gasteiger partial charge in [-0.05, 0) is 29.7 Å². The van der Waals surface area contributed by atoms with Crippen LogP contribution in [0.5, 0.6) is 5.75 Å². The fourth-order valence-corrected chi connectivity index (χ4v) is 2.04. The van der Waals surface area contributed by atoms with Gasteiger partial charge in [-0.25, -0.2) is 0 Å². The number of ether oxygens (including phenoxy) is 1. The fraction of sp³-hybridized carbons (Fsp3) is 0.235. The molecule has 0 radical (unpaired) electrons. The Labute approximate surface area is 124 Å². The number of hydrogen-bond donors (Lipinski definition) is 2. The van der Waals surface area contributed by atoms with Gasteiger partial charge in [-0.3, -0.25) is 4.79 Å². The molecule has 110 valence electrons. The maximum Gasteiger partial charge on any atom is 0.241 e. The predicted octanol–water partition coefficient (Wildman–Crippen LogP) is 2.05. The van der Waals surface area contributed by atoms with Crippen LogP contribution in [-0.2, 0) is 11.2 Å². The number of hydrogen-bond acceptors (Lipinski definition) is 3. The second-order valence-electron chi connectivity index (χ2n) is 4.78. The van der Waals surface area contributed by atoms with Crippen LogP contribution >= 0.6 is 0 Å². The van der Waals surface area contributed by atoms with Crippen LogP contribution in [-0.4, -0.2) is 19.6 Å². The number of amides is 1. The van der Waals surface area contributed by atoms with Gasteiger partial charge in [0.1, 0.15) is 11.8 Å². The molecule has 2 aromatic carbocycles. The summed E-state index contributed by atoms with van der Waals surface area (Å²) in [5.74, 6) is 0.670. The van der Waals surface area contributed by atoms with E-state index in [4.69, 9.17) is 10.5 Å². The van der Waals surface area contributed by atoms with Crippen LogP contribution < -0.4 is 15.8 Å². The number of nitrogens with one attached hydrogen (secondary N) is 1. The van der Waals surface area contributed by atoms with Crippen molar-refractivity contribution in [3.8, 4) is 5.75 Å². The Morgan fingerprint density at radius 2 is 1.81 bits per heavy atom. The average molecular weight is 284 g/mol. The van der Waals surface area contributed by atoms with Crippen molar-refractivity contribution < 1.29 is 9.53 Å². The SMILES string of the molecule is COc1ccc(CCNC(=O)C(N)c2ccccc2)cc1. The minimum Gasteiger partial charge on any atom is -0.497 e. The first kappa shape index (κ1) is 15.1. The summed E-state index contributed by atoms with van der Waals surface area (Å²) >= 11 is 0. The largest absolute Gasteiger partial charge is 0.497 e. The monoisotopic (exact) mass is 284 g/mol. The summed E-state index contributed by atoms with van der Waals surface area (Å²) in [5.41, 5.74) is 7.89. The quantitative estimate of drug-likeness (QED) is 0.853. The van der Waals surface area contributed by atoms with Crippen molar-refractivity contribution in [1.29, 1.82) is 0 Å². The fourth-order valence-electron chi connectivity index (χ4n) is 2.04.